The van der Waals surface area contributed by atoms with Gasteiger partial charge in [0.1, 0.15) is 0 Å². The molecule has 0 unspecified atom stereocenters. The summed E-state index contributed by atoms with van der Waals surface area (Å²) in [6, 6.07) is 0. The van der Waals surface area contributed by atoms with Gasteiger partial charge in [0.2, 0.25) is 0 Å². The Morgan fingerprint density at radius 1 is 0.941 bits per heavy atom. The van der Waals surface area contributed by atoms with Gasteiger partial charge < -0.3 is 13.3 Å². The molecule has 0 N–H and O–H groups in total. The van der Waals surface area contributed by atoms with Crippen molar-refractivity contribution in [2.75, 3.05) is 7.11 Å². The van der Waals surface area contributed by atoms with Crippen LogP contribution in [0.2, 0.25) is 18.1 Å². The van der Waals surface area contributed by atoms with Crippen molar-refractivity contribution >= 4 is 26.2 Å². The van der Waals surface area contributed by atoms with Crippen LogP contribution in [0.15, 0.2) is 0 Å². The smallest absolute Gasteiger partial charge is 0.307 e. The predicted molar refractivity (Wildman–Crippen MR) is 73.7 cm³/mol. The van der Waals surface area contributed by atoms with Crippen LogP contribution >= 0.6 is 0 Å². The predicted octanol–water partition coefficient (Wildman–Crippen LogP) is 2.13. The summed E-state index contributed by atoms with van der Waals surface area (Å²) in [6.45, 7) is 16.1. The SMILES string of the molecule is CO[Si](C)(C)C(C)(C)C(C)(C)C.O=[SiH][SiH]=O.[Y]. The van der Waals surface area contributed by atoms with E-state index in [1.165, 1.54) is 0 Å². The molecule has 7 heteroatoms. The van der Waals surface area contributed by atoms with Crippen LogP contribution in [0, 0.1) is 5.41 Å². The average molecular weight is 367 g/mol. The first-order valence-corrected chi connectivity index (χ1v) is 11.9. The zero-order chi connectivity index (χ0) is 13.6. The van der Waals surface area contributed by atoms with Gasteiger partial charge >= 0.3 is 17.8 Å². The zero-order valence-electron chi connectivity index (χ0n) is 12.5. The minimum atomic E-state index is -1.54. The van der Waals surface area contributed by atoms with Crippen LogP contribution in [0.25, 0.3) is 0 Å². The Labute approximate surface area is 136 Å². The van der Waals surface area contributed by atoms with Crippen molar-refractivity contribution < 1.29 is 46.1 Å². The van der Waals surface area contributed by atoms with Crippen molar-refractivity contribution in [3.8, 4) is 0 Å². The van der Waals surface area contributed by atoms with E-state index in [1.54, 1.807) is 0 Å². The monoisotopic (exact) mass is 367 g/mol. The maximum absolute atomic E-state index is 9.11. The third-order valence-electron chi connectivity index (χ3n) is 3.95. The second-order valence-corrected chi connectivity index (χ2v) is 12.7. The average Bonchev–Trinajstić information content (AvgIpc) is 2.16. The zero-order valence-corrected chi connectivity index (χ0v) is 18.6. The second-order valence-electron chi connectivity index (χ2n) is 5.86. The summed E-state index contributed by atoms with van der Waals surface area (Å²) in [5.41, 5.74) is 0.318. The topological polar surface area (TPSA) is 43.4 Å². The van der Waals surface area contributed by atoms with E-state index in [-0.39, 0.29) is 32.7 Å². The summed E-state index contributed by atoms with van der Waals surface area (Å²) in [6.07, 6.45) is 0. The maximum Gasteiger partial charge on any atom is 0.307 e. The maximum atomic E-state index is 9.11. The molecule has 0 bridgehead atoms. The molecule has 0 aromatic carbocycles. The summed E-state index contributed by atoms with van der Waals surface area (Å²) in [5, 5.41) is 0.300. The van der Waals surface area contributed by atoms with Gasteiger partial charge in [0.05, 0.1) is 0 Å². The van der Waals surface area contributed by atoms with Crippen LogP contribution in [-0.2, 0) is 46.1 Å². The van der Waals surface area contributed by atoms with Crippen LogP contribution in [0.4, 0.5) is 0 Å². The summed E-state index contributed by atoms with van der Waals surface area (Å²) < 4.78 is 23.9. The third-order valence-corrected chi connectivity index (χ3v) is 9.17. The van der Waals surface area contributed by atoms with Crippen molar-refractivity contribution in [1.29, 1.82) is 0 Å². The molecule has 17 heavy (non-hydrogen) atoms. The molecule has 0 aromatic heterocycles. The van der Waals surface area contributed by atoms with E-state index in [2.05, 4.69) is 47.7 Å². The standard InChI is InChI=1S/C10H24OSi.H2O2Si2.Y/c1-9(2,3)10(4,5)12(7,8)11-6;1-3-4-2;/h1-8H3;3-4H;. The fourth-order valence-electron chi connectivity index (χ4n) is 1.16. The Hall–Kier alpha value is 1.31. The Morgan fingerprint density at radius 2 is 1.24 bits per heavy atom. The van der Waals surface area contributed by atoms with Gasteiger partial charge in [-0.15, -0.1) is 0 Å². The van der Waals surface area contributed by atoms with E-state index in [0.717, 1.165) is 0 Å². The Kier molecular flexibility index (Phi) is 12.7. The summed E-state index contributed by atoms with van der Waals surface area (Å²) in [7, 11) is -1.57. The Balaban J connectivity index is -0.000000340. The molecule has 0 saturated carbocycles. The van der Waals surface area contributed by atoms with Gasteiger partial charge in [0, 0.05) is 39.8 Å². The van der Waals surface area contributed by atoms with Crippen molar-refractivity contribution in [3.05, 3.63) is 0 Å². The molecule has 0 amide bonds. The minimum absolute atomic E-state index is 0. The quantitative estimate of drug-likeness (QED) is 0.718. The molecule has 0 aliphatic heterocycles. The third kappa shape index (κ3) is 7.47. The van der Waals surface area contributed by atoms with Gasteiger partial charge in [-0.1, -0.05) is 34.6 Å². The first-order valence-electron chi connectivity index (χ1n) is 5.42. The number of rotatable bonds is 3. The fraction of sp³-hybridized carbons (Fsp3) is 1.00. The molecule has 3 nitrogen and oxygen atoms in total. The van der Waals surface area contributed by atoms with Gasteiger partial charge in [-0.25, -0.2) is 0 Å². The molecular weight excluding hydrogens is 341 g/mol. The first kappa shape index (κ1) is 23.4. The van der Waals surface area contributed by atoms with Crippen molar-refractivity contribution in [2.45, 2.75) is 52.8 Å². The van der Waals surface area contributed by atoms with Gasteiger partial charge in [-0.3, -0.25) is 0 Å². The van der Waals surface area contributed by atoms with E-state index in [4.69, 9.17) is 13.3 Å². The molecule has 1 radical (unpaired) electrons. The molecule has 0 fully saturated rings. The van der Waals surface area contributed by atoms with Crippen LogP contribution in [0.3, 0.4) is 0 Å². The molecule has 0 atom stereocenters. The van der Waals surface area contributed by atoms with E-state index in [0.29, 0.717) is 10.5 Å². The molecule has 0 aliphatic carbocycles. The van der Waals surface area contributed by atoms with E-state index in [9.17, 15) is 0 Å². The van der Waals surface area contributed by atoms with Gasteiger partial charge in [-0.2, -0.15) is 0 Å². The fourth-order valence-corrected chi connectivity index (χ4v) is 3.47. The molecular formula is C10H26O3Si3Y. The van der Waals surface area contributed by atoms with Crippen LogP contribution in [0.1, 0.15) is 34.6 Å². The molecule has 0 rings (SSSR count). The number of hydrogen-bond donors (Lipinski definition) is 0. The largest absolute Gasteiger partial charge is 0.420 e. The minimum Gasteiger partial charge on any atom is -0.420 e. The van der Waals surface area contributed by atoms with Crippen molar-refractivity contribution in [1.82, 2.24) is 0 Å². The van der Waals surface area contributed by atoms with Gasteiger partial charge in [-0.05, 0) is 23.5 Å². The normalized spacial score (nSPS) is 11.8. The molecule has 0 heterocycles. The number of hydrogen-bond acceptors (Lipinski definition) is 3. The first-order chi connectivity index (χ1) is 6.97. The molecule has 0 saturated heterocycles. The van der Waals surface area contributed by atoms with Crippen molar-refractivity contribution in [3.63, 3.8) is 0 Å². The van der Waals surface area contributed by atoms with Crippen LogP contribution in [-0.4, -0.2) is 33.3 Å². The van der Waals surface area contributed by atoms with E-state index in [1.807, 2.05) is 7.11 Å². The molecule has 0 aliphatic rings. The van der Waals surface area contributed by atoms with E-state index < -0.39 is 26.2 Å². The Bertz CT molecular complexity index is 231. The molecule has 0 aromatic rings. The van der Waals surface area contributed by atoms with Crippen LogP contribution < -0.4 is 0 Å². The summed E-state index contributed by atoms with van der Waals surface area (Å²) in [5.74, 6) is 0. The summed E-state index contributed by atoms with van der Waals surface area (Å²) >= 11 is 0. The van der Waals surface area contributed by atoms with Crippen LogP contribution in [0.5, 0.6) is 0 Å². The Morgan fingerprint density at radius 3 is 1.29 bits per heavy atom. The van der Waals surface area contributed by atoms with Crippen molar-refractivity contribution in [2.24, 2.45) is 5.41 Å². The van der Waals surface area contributed by atoms with Gasteiger partial charge in [0.15, 0.2) is 8.32 Å². The molecule has 99 valence electrons. The molecule has 0 spiro atoms. The summed E-state index contributed by atoms with van der Waals surface area (Å²) in [4.78, 5) is 0. The van der Waals surface area contributed by atoms with Gasteiger partial charge in [0.25, 0.3) is 0 Å². The second kappa shape index (κ2) is 9.26. The van der Waals surface area contributed by atoms with E-state index >= 15 is 0 Å².